The molecule has 2 amide bonds. The summed E-state index contributed by atoms with van der Waals surface area (Å²) in [7, 11) is -2.41. The SMILES string of the molecule is CC(=O)Nc1ccc(S(=O)(=O)N(C)CC(=O)N2CCc3ccccc3C2)cc1. The smallest absolute Gasteiger partial charge is 0.243 e. The van der Waals surface area contributed by atoms with Crippen LogP contribution < -0.4 is 5.32 Å². The van der Waals surface area contributed by atoms with Crippen molar-refractivity contribution < 1.29 is 18.0 Å². The van der Waals surface area contributed by atoms with Gasteiger partial charge in [0.2, 0.25) is 21.8 Å². The fourth-order valence-corrected chi connectivity index (χ4v) is 4.30. The van der Waals surface area contributed by atoms with Crippen LogP contribution in [0.1, 0.15) is 18.1 Å². The second-order valence-corrected chi connectivity index (χ2v) is 8.85. The van der Waals surface area contributed by atoms with Crippen molar-refractivity contribution in [3.8, 4) is 0 Å². The molecule has 0 fully saturated rings. The molecule has 0 atom stereocenters. The van der Waals surface area contributed by atoms with E-state index < -0.39 is 10.0 Å². The monoisotopic (exact) mass is 401 g/mol. The van der Waals surface area contributed by atoms with Crippen LogP contribution in [0.4, 0.5) is 5.69 Å². The molecule has 0 saturated heterocycles. The number of fused-ring (bicyclic) bond motifs is 1. The summed E-state index contributed by atoms with van der Waals surface area (Å²) >= 11 is 0. The molecule has 0 bridgehead atoms. The molecule has 1 aliphatic heterocycles. The number of anilines is 1. The van der Waals surface area contributed by atoms with Crippen molar-refractivity contribution >= 4 is 27.5 Å². The quantitative estimate of drug-likeness (QED) is 0.828. The zero-order valence-electron chi connectivity index (χ0n) is 15.9. The summed E-state index contributed by atoms with van der Waals surface area (Å²) in [5.41, 5.74) is 2.84. The Morgan fingerprint density at radius 3 is 2.36 bits per heavy atom. The molecule has 28 heavy (non-hydrogen) atoms. The first-order valence-electron chi connectivity index (χ1n) is 8.96. The van der Waals surface area contributed by atoms with E-state index in [1.54, 1.807) is 4.90 Å². The fourth-order valence-electron chi connectivity index (χ4n) is 3.18. The number of nitrogens with zero attached hydrogens (tertiary/aromatic N) is 2. The highest BCUT2D eigenvalue weighted by Crippen LogP contribution is 2.20. The van der Waals surface area contributed by atoms with Crippen LogP contribution >= 0.6 is 0 Å². The molecule has 3 rings (SSSR count). The maximum atomic E-state index is 12.8. The minimum absolute atomic E-state index is 0.0703. The van der Waals surface area contributed by atoms with E-state index in [0.29, 0.717) is 18.8 Å². The van der Waals surface area contributed by atoms with E-state index in [2.05, 4.69) is 11.4 Å². The summed E-state index contributed by atoms with van der Waals surface area (Å²) in [5, 5.41) is 2.59. The molecule has 1 heterocycles. The highest BCUT2D eigenvalue weighted by Gasteiger charge is 2.27. The molecule has 1 aliphatic rings. The van der Waals surface area contributed by atoms with E-state index in [9.17, 15) is 18.0 Å². The Kier molecular flexibility index (Phi) is 5.81. The van der Waals surface area contributed by atoms with Gasteiger partial charge in [-0.3, -0.25) is 9.59 Å². The Morgan fingerprint density at radius 1 is 1.07 bits per heavy atom. The molecule has 0 radical (unpaired) electrons. The van der Waals surface area contributed by atoms with Gasteiger partial charge in [-0.05, 0) is 41.8 Å². The van der Waals surface area contributed by atoms with Gasteiger partial charge in [-0.2, -0.15) is 4.31 Å². The van der Waals surface area contributed by atoms with Gasteiger partial charge in [0.05, 0.1) is 11.4 Å². The minimum Gasteiger partial charge on any atom is -0.337 e. The average Bonchev–Trinajstić information content (AvgIpc) is 2.67. The molecule has 0 unspecified atom stereocenters. The summed E-state index contributed by atoms with van der Waals surface area (Å²) in [6.07, 6.45) is 0.767. The van der Waals surface area contributed by atoms with Gasteiger partial charge >= 0.3 is 0 Å². The largest absolute Gasteiger partial charge is 0.337 e. The molecule has 0 aromatic heterocycles. The third kappa shape index (κ3) is 4.40. The van der Waals surface area contributed by atoms with E-state index in [4.69, 9.17) is 0 Å². The van der Waals surface area contributed by atoms with Crippen LogP contribution in [0.25, 0.3) is 0 Å². The van der Waals surface area contributed by atoms with Gasteiger partial charge < -0.3 is 10.2 Å². The van der Waals surface area contributed by atoms with Gasteiger partial charge in [-0.25, -0.2) is 8.42 Å². The summed E-state index contributed by atoms with van der Waals surface area (Å²) < 4.78 is 26.6. The topological polar surface area (TPSA) is 86.8 Å². The van der Waals surface area contributed by atoms with Crippen molar-refractivity contribution in [1.82, 2.24) is 9.21 Å². The summed E-state index contributed by atoms with van der Waals surface area (Å²) in [5.74, 6) is -0.461. The van der Waals surface area contributed by atoms with Gasteiger partial charge in [-0.15, -0.1) is 0 Å². The van der Waals surface area contributed by atoms with Crippen molar-refractivity contribution in [2.45, 2.75) is 24.8 Å². The maximum absolute atomic E-state index is 12.8. The number of likely N-dealkylation sites (N-methyl/N-ethyl adjacent to an activating group) is 1. The first-order chi connectivity index (χ1) is 13.3. The molecule has 7 nitrogen and oxygen atoms in total. The highest BCUT2D eigenvalue weighted by molar-refractivity contribution is 7.89. The molecule has 148 valence electrons. The number of rotatable bonds is 5. The zero-order chi connectivity index (χ0) is 20.3. The number of benzene rings is 2. The van der Waals surface area contributed by atoms with Crippen LogP contribution in [-0.2, 0) is 32.6 Å². The lowest BCUT2D eigenvalue weighted by Gasteiger charge is -2.30. The number of hydrogen-bond donors (Lipinski definition) is 1. The number of hydrogen-bond acceptors (Lipinski definition) is 4. The molecular formula is C20H23N3O4S. The Morgan fingerprint density at radius 2 is 1.71 bits per heavy atom. The van der Waals surface area contributed by atoms with Crippen LogP contribution in [0.2, 0.25) is 0 Å². The van der Waals surface area contributed by atoms with Gasteiger partial charge in [0.1, 0.15) is 0 Å². The molecule has 2 aromatic carbocycles. The normalized spacial score (nSPS) is 13.9. The van der Waals surface area contributed by atoms with E-state index in [1.165, 1.54) is 43.8 Å². The standard InChI is InChI=1S/C20H23N3O4S/c1-15(24)21-18-7-9-19(10-8-18)28(26,27)22(2)14-20(25)23-12-11-16-5-3-4-6-17(16)13-23/h3-10H,11-14H2,1-2H3,(H,21,24). The average molecular weight is 401 g/mol. The third-order valence-corrected chi connectivity index (χ3v) is 6.54. The Hall–Kier alpha value is -2.71. The molecule has 0 aliphatic carbocycles. The van der Waals surface area contributed by atoms with Crippen LogP contribution in [0.15, 0.2) is 53.4 Å². The fraction of sp³-hybridized carbons (Fsp3) is 0.300. The van der Waals surface area contributed by atoms with Crippen LogP contribution in [0, 0.1) is 0 Å². The zero-order valence-corrected chi connectivity index (χ0v) is 16.7. The Bertz CT molecular complexity index is 987. The van der Waals surface area contributed by atoms with Crippen molar-refractivity contribution in [2.24, 2.45) is 0 Å². The van der Waals surface area contributed by atoms with Gasteiger partial charge in [0.25, 0.3) is 0 Å². The van der Waals surface area contributed by atoms with E-state index in [-0.39, 0.29) is 23.3 Å². The lowest BCUT2D eigenvalue weighted by Crippen LogP contribution is -2.43. The predicted octanol–water partition coefficient (Wildman–Crippen LogP) is 1.85. The predicted molar refractivity (Wildman–Crippen MR) is 106 cm³/mol. The summed E-state index contributed by atoms with van der Waals surface area (Å²) in [6.45, 7) is 2.23. The van der Waals surface area contributed by atoms with E-state index in [0.717, 1.165) is 16.3 Å². The molecule has 1 N–H and O–H groups in total. The van der Waals surface area contributed by atoms with Crippen molar-refractivity contribution in [3.63, 3.8) is 0 Å². The molecule has 8 heteroatoms. The van der Waals surface area contributed by atoms with Crippen LogP contribution in [-0.4, -0.2) is 49.6 Å². The van der Waals surface area contributed by atoms with E-state index in [1.807, 2.05) is 18.2 Å². The second-order valence-electron chi connectivity index (χ2n) is 6.80. The Balaban J connectivity index is 1.67. The Labute approximate surface area is 165 Å². The van der Waals surface area contributed by atoms with Crippen LogP contribution in [0.3, 0.4) is 0 Å². The molecule has 0 saturated carbocycles. The van der Waals surface area contributed by atoms with Gasteiger partial charge in [-0.1, -0.05) is 24.3 Å². The van der Waals surface area contributed by atoms with Gasteiger partial charge in [0.15, 0.2) is 0 Å². The molecule has 0 spiro atoms. The number of carbonyl (C=O) groups is 2. The minimum atomic E-state index is -3.81. The van der Waals surface area contributed by atoms with Crippen LogP contribution in [0.5, 0.6) is 0 Å². The first kappa shape index (κ1) is 20.0. The first-order valence-corrected chi connectivity index (χ1v) is 10.4. The lowest BCUT2D eigenvalue weighted by atomic mass is 10.00. The van der Waals surface area contributed by atoms with E-state index >= 15 is 0 Å². The van der Waals surface area contributed by atoms with Crippen molar-refractivity contribution in [2.75, 3.05) is 25.5 Å². The number of sulfonamides is 1. The molecular weight excluding hydrogens is 378 g/mol. The number of amides is 2. The summed E-state index contributed by atoms with van der Waals surface area (Å²) in [4.78, 5) is 25.5. The van der Waals surface area contributed by atoms with Crippen molar-refractivity contribution in [1.29, 1.82) is 0 Å². The number of carbonyl (C=O) groups excluding carboxylic acids is 2. The van der Waals surface area contributed by atoms with Gasteiger partial charge in [0, 0.05) is 32.7 Å². The highest BCUT2D eigenvalue weighted by atomic mass is 32.2. The summed E-state index contributed by atoms with van der Waals surface area (Å²) in [6, 6.07) is 13.8. The second kappa shape index (κ2) is 8.12. The lowest BCUT2D eigenvalue weighted by molar-refractivity contribution is -0.132. The maximum Gasteiger partial charge on any atom is 0.243 e. The third-order valence-electron chi connectivity index (χ3n) is 4.72. The molecule has 2 aromatic rings. The van der Waals surface area contributed by atoms with Crippen molar-refractivity contribution in [3.05, 3.63) is 59.7 Å². The number of nitrogens with one attached hydrogen (secondary N) is 1.